The zero-order chi connectivity index (χ0) is 23.0. The average molecular weight is 427 g/mol. The highest BCUT2D eigenvalue weighted by molar-refractivity contribution is 5.90. The molecule has 0 aromatic heterocycles. The number of aliphatic carboxylic acids is 1. The van der Waals surface area contributed by atoms with E-state index in [1.807, 2.05) is 60.7 Å². The number of benzene rings is 2. The van der Waals surface area contributed by atoms with Gasteiger partial charge in [0, 0.05) is 0 Å². The SMILES string of the molecule is CC(C)(C)OC(=O)C(N)CC[C@H](NC(=O)C(c1ccccc1)c1ccccc1)C(=O)O. The number of carbonyl (C=O) groups excluding carboxylic acids is 2. The first-order valence-electron chi connectivity index (χ1n) is 10.2. The summed E-state index contributed by atoms with van der Waals surface area (Å²) in [6, 6.07) is 16.1. The van der Waals surface area contributed by atoms with Crippen LogP contribution in [0.4, 0.5) is 0 Å². The third kappa shape index (κ3) is 7.53. The van der Waals surface area contributed by atoms with Crippen LogP contribution in [0, 0.1) is 0 Å². The van der Waals surface area contributed by atoms with Crippen molar-refractivity contribution in [1.29, 1.82) is 0 Å². The molecule has 0 fully saturated rings. The molecule has 0 radical (unpaired) electrons. The number of hydrogen-bond acceptors (Lipinski definition) is 5. The zero-order valence-corrected chi connectivity index (χ0v) is 18.1. The van der Waals surface area contributed by atoms with Crippen molar-refractivity contribution in [1.82, 2.24) is 5.32 Å². The maximum atomic E-state index is 13.1. The first-order valence-corrected chi connectivity index (χ1v) is 10.2. The van der Waals surface area contributed by atoms with Gasteiger partial charge in [0.05, 0.1) is 5.92 Å². The molecule has 0 heterocycles. The molecular formula is C24H30N2O5. The summed E-state index contributed by atoms with van der Waals surface area (Å²) in [5.74, 6) is -2.89. The third-order valence-electron chi connectivity index (χ3n) is 4.62. The van der Waals surface area contributed by atoms with E-state index in [9.17, 15) is 19.5 Å². The molecular weight excluding hydrogens is 396 g/mol. The number of carbonyl (C=O) groups is 3. The lowest BCUT2D eigenvalue weighted by atomic mass is 9.90. The molecule has 2 rings (SSSR count). The Morgan fingerprint density at radius 2 is 1.42 bits per heavy atom. The lowest BCUT2D eigenvalue weighted by Gasteiger charge is -2.24. The highest BCUT2D eigenvalue weighted by Crippen LogP contribution is 2.25. The Bertz CT molecular complexity index is 838. The van der Waals surface area contributed by atoms with Crippen LogP contribution < -0.4 is 11.1 Å². The molecule has 0 saturated heterocycles. The molecule has 0 aliphatic rings. The number of ether oxygens (including phenoxy) is 1. The van der Waals surface area contributed by atoms with Crippen LogP contribution in [0.1, 0.15) is 50.7 Å². The minimum absolute atomic E-state index is 0.00220. The van der Waals surface area contributed by atoms with Gasteiger partial charge in [0.25, 0.3) is 0 Å². The summed E-state index contributed by atoms with van der Waals surface area (Å²) >= 11 is 0. The maximum Gasteiger partial charge on any atom is 0.326 e. The van der Waals surface area contributed by atoms with E-state index in [4.69, 9.17) is 10.5 Å². The molecule has 166 valence electrons. The lowest BCUT2D eigenvalue weighted by molar-refractivity contribution is -0.157. The molecule has 1 amide bonds. The van der Waals surface area contributed by atoms with Crippen molar-refractivity contribution in [3.8, 4) is 0 Å². The number of rotatable bonds is 9. The van der Waals surface area contributed by atoms with Gasteiger partial charge in [-0.1, -0.05) is 60.7 Å². The van der Waals surface area contributed by atoms with Gasteiger partial charge in [-0.05, 0) is 44.7 Å². The number of carboxylic acid groups (broad SMARTS) is 1. The maximum absolute atomic E-state index is 13.1. The van der Waals surface area contributed by atoms with Crippen molar-refractivity contribution in [2.45, 2.75) is 57.2 Å². The average Bonchev–Trinajstić information content (AvgIpc) is 2.71. The Labute approximate surface area is 182 Å². The molecule has 7 nitrogen and oxygen atoms in total. The molecule has 0 spiro atoms. The van der Waals surface area contributed by atoms with E-state index in [0.717, 1.165) is 11.1 Å². The summed E-state index contributed by atoms with van der Waals surface area (Å²) in [4.78, 5) is 37.0. The molecule has 1 unspecified atom stereocenters. The van der Waals surface area contributed by atoms with Gasteiger partial charge in [0.2, 0.25) is 5.91 Å². The normalized spacial score (nSPS) is 13.3. The van der Waals surface area contributed by atoms with Crippen LogP contribution in [0.3, 0.4) is 0 Å². The van der Waals surface area contributed by atoms with Crippen LogP contribution in [-0.4, -0.2) is 40.6 Å². The van der Waals surface area contributed by atoms with Gasteiger partial charge < -0.3 is 20.9 Å². The van der Waals surface area contributed by atoms with E-state index in [-0.39, 0.29) is 12.8 Å². The molecule has 31 heavy (non-hydrogen) atoms. The van der Waals surface area contributed by atoms with E-state index in [1.54, 1.807) is 20.8 Å². The monoisotopic (exact) mass is 426 g/mol. The quantitative estimate of drug-likeness (QED) is 0.531. The Hall–Kier alpha value is -3.19. The van der Waals surface area contributed by atoms with Gasteiger partial charge >= 0.3 is 11.9 Å². The van der Waals surface area contributed by atoms with Gasteiger partial charge in [0.1, 0.15) is 17.7 Å². The van der Waals surface area contributed by atoms with Gasteiger partial charge in [-0.15, -0.1) is 0 Å². The van der Waals surface area contributed by atoms with E-state index < -0.39 is 41.4 Å². The molecule has 2 aromatic rings. The number of nitrogens with two attached hydrogens (primary N) is 1. The first kappa shape index (κ1) is 24.1. The van der Waals surface area contributed by atoms with E-state index in [0.29, 0.717) is 0 Å². The Balaban J connectivity index is 2.12. The number of hydrogen-bond donors (Lipinski definition) is 3. The number of carboxylic acids is 1. The lowest BCUT2D eigenvalue weighted by Crippen LogP contribution is -2.45. The summed E-state index contributed by atoms with van der Waals surface area (Å²) in [5, 5.41) is 12.2. The van der Waals surface area contributed by atoms with E-state index in [2.05, 4.69) is 5.32 Å². The number of esters is 1. The Kier molecular flexibility index (Phi) is 8.33. The molecule has 0 bridgehead atoms. The summed E-state index contributed by atoms with van der Waals surface area (Å²) in [5.41, 5.74) is 6.68. The summed E-state index contributed by atoms with van der Waals surface area (Å²) < 4.78 is 5.23. The third-order valence-corrected chi connectivity index (χ3v) is 4.62. The topological polar surface area (TPSA) is 119 Å². The zero-order valence-electron chi connectivity index (χ0n) is 18.1. The van der Waals surface area contributed by atoms with Crippen LogP contribution in [0.25, 0.3) is 0 Å². The summed E-state index contributed by atoms with van der Waals surface area (Å²) in [6.07, 6.45) is 0.0608. The van der Waals surface area contributed by atoms with E-state index >= 15 is 0 Å². The predicted molar refractivity (Wildman–Crippen MR) is 117 cm³/mol. The Morgan fingerprint density at radius 3 is 1.84 bits per heavy atom. The first-order chi connectivity index (χ1) is 14.6. The summed E-state index contributed by atoms with van der Waals surface area (Å²) in [7, 11) is 0. The molecule has 0 aliphatic carbocycles. The second kappa shape index (κ2) is 10.7. The fourth-order valence-electron chi connectivity index (χ4n) is 3.14. The van der Waals surface area contributed by atoms with E-state index in [1.165, 1.54) is 0 Å². The summed E-state index contributed by atoms with van der Waals surface area (Å²) in [6.45, 7) is 5.18. The predicted octanol–water partition coefficient (Wildman–Crippen LogP) is 2.84. The molecule has 7 heteroatoms. The molecule has 2 atom stereocenters. The minimum atomic E-state index is -1.19. The second-order valence-electron chi connectivity index (χ2n) is 8.37. The fourth-order valence-corrected chi connectivity index (χ4v) is 3.14. The minimum Gasteiger partial charge on any atom is -0.480 e. The molecule has 0 saturated carbocycles. The van der Waals surface area contributed by atoms with Crippen molar-refractivity contribution in [2.75, 3.05) is 0 Å². The molecule has 0 aliphatic heterocycles. The number of amides is 1. The van der Waals surface area contributed by atoms with Crippen LogP contribution in [0.15, 0.2) is 60.7 Å². The van der Waals surface area contributed by atoms with Crippen LogP contribution in [-0.2, 0) is 19.1 Å². The van der Waals surface area contributed by atoms with Gasteiger partial charge in [-0.3, -0.25) is 9.59 Å². The standard InChI is InChI=1S/C24H30N2O5/c1-24(2,3)31-23(30)18(25)14-15-19(22(28)29)26-21(27)20(16-10-6-4-7-11-16)17-12-8-5-9-13-17/h4-13,18-20H,14-15,25H2,1-3H3,(H,26,27)(H,28,29)/t18?,19-/m0/s1. The van der Waals surface area contributed by atoms with Gasteiger partial charge in [-0.25, -0.2) is 4.79 Å². The van der Waals surface area contributed by atoms with Crippen molar-refractivity contribution >= 4 is 17.8 Å². The van der Waals surface area contributed by atoms with Gasteiger partial charge in [-0.2, -0.15) is 0 Å². The largest absolute Gasteiger partial charge is 0.480 e. The smallest absolute Gasteiger partial charge is 0.326 e. The highest BCUT2D eigenvalue weighted by Gasteiger charge is 2.29. The van der Waals surface area contributed by atoms with Crippen molar-refractivity contribution in [3.63, 3.8) is 0 Å². The highest BCUT2D eigenvalue weighted by atomic mass is 16.6. The molecule has 2 aromatic carbocycles. The van der Waals surface area contributed by atoms with Crippen molar-refractivity contribution < 1.29 is 24.2 Å². The number of nitrogens with one attached hydrogen (secondary N) is 1. The van der Waals surface area contributed by atoms with Crippen LogP contribution in [0.2, 0.25) is 0 Å². The fraction of sp³-hybridized carbons (Fsp3) is 0.375. The van der Waals surface area contributed by atoms with Crippen molar-refractivity contribution in [3.05, 3.63) is 71.8 Å². The van der Waals surface area contributed by atoms with Crippen LogP contribution in [0.5, 0.6) is 0 Å². The Morgan fingerprint density at radius 1 is 0.935 bits per heavy atom. The van der Waals surface area contributed by atoms with Crippen LogP contribution >= 0.6 is 0 Å². The van der Waals surface area contributed by atoms with Gasteiger partial charge in [0.15, 0.2) is 0 Å². The van der Waals surface area contributed by atoms with Crippen molar-refractivity contribution in [2.24, 2.45) is 5.73 Å². The second-order valence-corrected chi connectivity index (χ2v) is 8.37. The molecule has 4 N–H and O–H groups in total.